The van der Waals surface area contributed by atoms with Crippen LogP contribution in [0, 0.1) is 10.1 Å². The molecule has 24 heavy (non-hydrogen) atoms. The minimum Gasteiger partial charge on any atom is -0.480 e. The van der Waals surface area contributed by atoms with Gasteiger partial charge in [0.15, 0.2) is 0 Å². The Balaban J connectivity index is 2.14. The van der Waals surface area contributed by atoms with Crippen LogP contribution < -0.4 is 0 Å². The molecule has 1 atom stereocenters. The first-order chi connectivity index (χ1) is 11.0. The van der Waals surface area contributed by atoms with Crippen LogP contribution in [0.4, 0.5) is 4.79 Å². The van der Waals surface area contributed by atoms with Crippen molar-refractivity contribution in [2.75, 3.05) is 39.4 Å². The number of carbonyl (C=O) groups excluding carboxylic acids is 1. The molecule has 10 nitrogen and oxygen atoms in total. The molecular weight excluding hydrogens is 322 g/mol. The number of likely N-dealkylation sites (tertiary alicyclic amines) is 1. The second-order valence-corrected chi connectivity index (χ2v) is 7.17. The van der Waals surface area contributed by atoms with E-state index < -0.39 is 40.7 Å². The van der Waals surface area contributed by atoms with E-state index in [2.05, 4.69) is 0 Å². The number of hydrogen-bond donors (Lipinski definition) is 1. The van der Waals surface area contributed by atoms with Crippen LogP contribution in [0.1, 0.15) is 20.8 Å². The minimum atomic E-state index is -1.09. The Hall–Kier alpha value is -1.94. The largest absolute Gasteiger partial charge is 0.480 e. The molecule has 0 bridgehead atoms. The van der Waals surface area contributed by atoms with Gasteiger partial charge < -0.3 is 19.5 Å². The summed E-state index contributed by atoms with van der Waals surface area (Å²) in [7, 11) is 0. The average molecular weight is 345 g/mol. The first-order valence-electron chi connectivity index (χ1n) is 7.71. The van der Waals surface area contributed by atoms with Gasteiger partial charge in [-0.3, -0.25) is 19.8 Å². The van der Waals surface area contributed by atoms with Gasteiger partial charge in [-0.05, 0) is 20.8 Å². The van der Waals surface area contributed by atoms with E-state index in [1.54, 1.807) is 25.7 Å². The summed E-state index contributed by atoms with van der Waals surface area (Å²) in [5, 5.41) is 20.5. The molecular formula is C14H23N3O7. The first-order valence-corrected chi connectivity index (χ1v) is 7.71. The molecule has 0 radical (unpaired) electrons. The normalized spacial score (nSPS) is 24.1. The first kappa shape index (κ1) is 18.4. The molecule has 0 aromatic carbocycles. The summed E-state index contributed by atoms with van der Waals surface area (Å²) in [5.41, 5.74) is -1.67. The fourth-order valence-electron chi connectivity index (χ4n) is 3.11. The standard InChI is InChI=1S/C14H23N3O7/c1-13(2,3)24-12(20)15-7-14(8-15,9-17(21)22)16-4-5-23-6-10(16)11(18)19/h10H,4-9H2,1-3H3,(H,18,19). The highest BCUT2D eigenvalue weighted by molar-refractivity contribution is 5.74. The second kappa shape index (κ2) is 6.52. The van der Waals surface area contributed by atoms with Gasteiger partial charge in [0.05, 0.1) is 26.3 Å². The van der Waals surface area contributed by atoms with Crippen LogP contribution in [0.5, 0.6) is 0 Å². The van der Waals surface area contributed by atoms with Gasteiger partial charge in [0, 0.05) is 11.5 Å². The highest BCUT2D eigenvalue weighted by atomic mass is 16.6. The Kier molecular flexibility index (Phi) is 5.00. The zero-order valence-corrected chi connectivity index (χ0v) is 14.1. The van der Waals surface area contributed by atoms with Crippen LogP contribution >= 0.6 is 0 Å². The summed E-state index contributed by atoms with van der Waals surface area (Å²) < 4.78 is 10.4. The van der Waals surface area contributed by atoms with Crippen LogP contribution in [0.25, 0.3) is 0 Å². The maximum absolute atomic E-state index is 12.1. The third-order valence-electron chi connectivity index (χ3n) is 4.07. The van der Waals surface area contributed by atoms with Gasteiger partial charge in [-0.2, -0.15) is 0 Å². The van der Waals surface area contributed by atoms with Gasteiger partial charge in [-0.15, -0.1) is 0 Å². The molecule has 2 saturated heterocycles. The van der Waals surface area contributed by atoms with Crippen molar-refractivity contribution in [2.24, 2.45) is 0 Å². The van der Waals surface area contributed by atoms with Gasteiger partial charge in [0.2, 0.25) is 6.54 Å². The van der Waals surface area contributed by atoms with E-state index in [4.69, 9.17) is 9.47 Å². The fraction of sp³-hybridized carbons (Fsp3) is 0.857. The molecule has 1 N–H and O–H groups in total. The SMILES string of the molecule is CC(C)(C)OC(=O)N1CC(C[N+](=O)[O-])(N2CCOCC2C(=O)O)C1. The number of rotatable bonds is 4. The molecule has 0 aliphatic carbocycles. The summed E-state index contributed by atoms with van der Waals surface area (Å²) in [4.78, 5) is 37.1. The van der Waals surface area contributed by atoms with Crippen molar-refractivity contribution >= 4 is 12.1 Å². The molecule has 136 valence electrons. The predicted octanol–water partition coefficient (Wildman–Crippen LogP) is 0.0380. The van der Waals surface area contributed by atoms with Crippen LogP contribution in [0.2, 0.25) is 0 Å². The lowest BCUT2D eigenvalue weighted by atomic mass is 9.86. The quantitative estimate of drug-likeness (QED) is 0.559. The third kappa shape index (κ3) is 3.93. The van der Waals surface area contributed by atoms with Crippen LogP contribution in [0.15, 0.2) is 0 Å². The molecule has 10 heteroatoms. The molecule has 2 fully saturated rings. The average Bonchev–Trinajstić information content (AvgIpc) is 2.40. The van der Waals surface area contributed by atoms with Crippen molar-refractivity contribution in [3.63, 3.8) is 0 Å². The highest BCUT2D eigenvalue weighted by Crippen LogP contribution is 2.32. The summed E-state index contributed by atoms with van der Waals surface area (Å²) in [6.45, 7) is 5.44. The second-order valence-electron chi connectivity index (χ2n) is 7.17. The molecule has 2 aliphatic rings. The number of aliphatic carboxylic acids is 1. The summed E-state index contributed by atoms with van der Waals surface area (Å²) in [6.07, 6.45) is -0.554. The minimum absolute atomic E-state index is 0.0266. The smallest absolute Gasteiger partial charge is 0.410 e. The number of nitro groups is 1. The van der Waals surface area contributed by atoms with Gasteiger partial charge in [0.1, 0.15) is 17.2 Å². The number of morpholine rings is 1. The lowest BCUT2D eigenvalue weighted by Crippen LogP contribution is -2.77. The molecule has 0 spiro atoms. The van der Waals surface area contributed by atoms with Gasteiger partial charge in [-0.1, -0.05) is 0 Å². The predicted molar refractivity (Wildman–Crippen MR) is 81.3 cm³/mol. The van der Waals surface area contributed by atoms with Crippen LogP contribution in [0.3, 0.4) is 0 Å². The van der Waals surface area contributed by atoms with Crippen molar-refractivity contribution in [2.45, 2.75) is 38.0 Å². The summed E-state index contributed by atoms with van der Waals surface area (Å²) in [6, 6.07) is -0.959. The number of hydrogen-bond acceptors (Lipinski definition) is 7. The summed E-state index contributed by atoms with van der Waals surface area (Å²) >= 11 is 0. The Morgan fingerprint density at radius 1 is 1.42 bits per heavy atom. The van der Waals surface area contributed by atoms with E-state index in [0.29, 0.717) is 6.61 Å². The number of amides is 1. The highest BCUT2D eigenvalue weighted by Gasteiger charge is 2.57. The van der Waals surface area contributed by atoms with Crippen molar-refractivity contribution in [3.8, 4) is 0 Å². The zero-order chi connectivity index (χ0) is 18.1. The van der Waals surface area contributed by atoms with E-state index in [1.165, 1.54) is 4.90 Å². The van der Waals surface area contributed by atoms with E-state index in [-0.39, 0.29) is 26.2 Å². The lowest BCUT2D eigenvalue weighted by Gasteiger charge is -2.55. The molecule has 0 aromatic heterocycles. The Morgan fingerprint density at radius 3 is 2.54 bits per heavy atom. The maximum Gasteiger partial charge on any atom is 0.410 e. The molecule has 1 unspecified atom stereocenters. The molecule has 2 aliphatic heterocycles. The van der Waals surface area contributed by atoms with Crippen molar-refractivity contribution in [1.29, 1.82) is 0 Å². The van der Waals surface area contributed by atoms with Gasteiger partial charge in [-0.25, -0.2) is 4.79 Å². The van der Waals surface area contributed by atoms with E-state index in [0.717, 1.165) is 0 Å². The topological polar surface area (TPSA) is 122 Å². The Morgan fingerprint density at radius 2 is 2.04 bits per heavy atom. The van der Waals surface area contributed by atoms with E-state index >= 15 is 0 Å². The van der Waals surface area contributed by atoms with Gasteiger partial charge >= 0.3 is 12.1 Å². The molecule has 0 aromatic rings. The number of carboxylic acids is 1. The van der Waals surface area contributed by atoms with E-state index in [1.807, 2.05) is 0 Å². The number of carboxylic acid groups (broad SMARTS) is 1. The third-order valence-corrected chi connectivity index (χ3v) is 4.07. The Labute approximate surface area is 139 Å². The van der Waals surface area contributed by atoms with Crippen LogP contribution in [-0.2, 0) is 14.3 Å². The number of carbonyl (C=O) groups is 2. The lowest BCUT2D eigenvalue weighted by molar-refractivity contribution is -0.501. The molecule has 0 saturated carbocycles. The molecule has 2 heterocycles. The van der Waals surface area contributed by atoms with Crippen molar-refractivity contribution in [3.05, 3.63) is 10.1 Å². The van der Waals surface area contributed by atoms with Crippen molar-refractivity contribution < 1.29 is 29.1 Å². The Bertz CT molecular complexity index is 525. The number of ether oxygens (including phenoxy) is 2. The monoisotopic (exact) mass is 345 g/mol. The maximum atomic E-state index is 12.1. The molecule has 2 rings (SSSR count). The number of nitrogens with zero attached hydrogens (tertiary/aromatic N) is 3. The molecule has 1 amide bonds. The van der Waals surface area contributed by atoms with Gasteiger partial charge in [0.25, 0.3) is 0 Å². The van der Waals surface area contributed by atoms with Crippen molar-refractivity contribution in [1.82, 2.24) is 9.80 Å². The van der Waals surface area contributed by atoms with E-state index in [9.17, 15) is 24.8 Å². The van der Waals surface area contributed by atoms with Crippen LogP contribution in [-0.4, -0.2) is 88.5 Å². The fourth-order valence-corrected chi connectivity index (χ4v) is 3.11. The zero-order valence-electron chi connectivity index (χ0n) is 14.1. The summed E-state index contributed by atoms with van der Waals surface area (Å²) in [5.74, 6) is -1.09.